The molecule has 0 radical (unpaired) electrons. The predicted octanol–water partition coefficient (Wildman–Crippen LogP) is 4.68. The summed E-state index contributed by atoms with van der Waals surface area (Å²) >= 11 is 1.52. The summed E-state index contributed by atoms with van der Waals surface area (Å²) in [5.74, 6) is 0.699. The molecule has 178 valence electrons. The van der Waals surface area contributed by atoms with Gasteiger partial charge in [0.1, 0.15) is 21.9 Å². The lowest BCUT2D eigenvalue weighted by atomic mass is 10.2. The van der Waals surface area contributed by atoms with Gasteiger partial charge in [0.25, 0.3) is 0 Å². The number of phenolic OH excluding ortho intramolecular Hbond substituents is 1. The van der Waals surface area contributed by atoms with Crippen LogP contribution >= 0.6 is 11.3 Å². The third-order valence-electron chi connectivity index (χ3n) is 4.68. The van der Waals surface area contributed by atoms with E-state index in [9.17, 15) is 13.5 Å². The summed E-state index contributed by atoms with van der Waals surface area (Å²) in [6.07, 6.45) is 5.75. The van der Waals surface area contributed by atoms with Crippen molar-refractivity contribution in [1.29, 1.82) is 0 Å². The summed E-state index contributed by atoms with van der Waals surface area (Å²) < 4.78 is 41.0. The number of anilines is 1. The summed E-state index contributed by atoms with van der Waals surface area (Å²) in [6.45, 7) is 1.91. The lowest BCUT2D eigenvalue weighted by Crippen LogP contribution is -2.10. The van der Waals surface area contributed by atoms with Crippen LogP contribution in [-0.2, 0) is 14.3 Å². The molecule has 0 atom stereocenters. The number of hydrogen-bond donors (Lipinski definition) is 2. The molecule has 0 spiro atoms. The monoisotopic (exact) mass is 501 g/mol. The maximum absolute atomic E-state index is 12.3. The maximum atomic E-state index is 12.3. The first-order valence-electron chi connectivity index (χ1n) is 10.4. The number of benzene rings is 2. The van der Waals surface area contributed by atoms with Crippen LogP contribution in [0, 0.1) is 6.92 Å². The van der Waals surface area contributed by atoms with Crippen molar-refractivity contribution in [3.63, 3.8) is 0 Å². The lowest BCUT2D eigenvalue weighted by molar-refractivity contribution is 0.250. The van der Waals surface area contributed by atoms with Crippen molar-refractivity contribution in [1.82, 2.24) is 9.97 Å². The van der Waals surface area contributed by atoms with E-state index in [2.05, 4.69) is 15.3 Å². The number of nitrogens with one attached hydrogen (secondary N) is 1. The molecule has 2 N–H and O–H groups in total. The zero-order chi connectivity index (χ0) is 24.1. The second-order valence-corrected chi connectivity index (χ2v) is 9.93. The Morgan fingerprint density at radius 3 is 2.79 bits per heavy atom. The van der Waals surface area contributed by atoms with Gasteiger partial charge in [-0.1, -0.05) is 17.4 Å². The number of nitrogens with zero attached hydrogens (tertiary/aromatic N) is 2. The van der Waals surface area contributed by atoms with E-state index in [0.29, 0.717) is 29.2 Å². The Bertz CT molecular complexity index is 1430. The first kappa shape index (κ1) is 23.7. The SMILES string of the molecule is CNc1ncc(C=Cc2nc3ccc(OCCCOS(=O)(=O)c4ccc(C)cc4O)cc3o2)s1. The molecule has 4 rings (SSSR count). The van der Waals surface area contributed by atoms with Crippen molar-refractivity contribution in [2.24, 2.45) is 0 Å². The first-order chi connectivity index (χ1) is 16.3. The Labute approximate surface area is 200 Å². The first-order valence-corrected chi connectivity index (χ1v) is 12.6. The molecule has 0 saturated heterocycles. The minimum Gasteiger partial charge on any atom is -0.506 e. The minimum absolute atomic E-state index is 0.0814. The fourth-order valence-electron chi connectivity index (χ4n) is 3.04. The van der Waals surface area contributed by atoms with Crippen molar-refractivity contribution >= 4 is 49.8 Å². The number of ether oxygens (including phenoxy) is 1. The molecule has 9 nitrogen and oxygen atoms in total. The van der Waals surface area contributed by atoms with Gasteiger partial charge in [0, 0.05) is 36.7 Å². The van der Waals surface area contributed by atoms with Crippen molar-refractivity contribution in [3.8, 4) is 11.5 Å². The summed E-state index contributed by atoms with van der Waals surface area (Å²) in [6, 6.07) is 9.58. The highest BCUT2D eigenvalue weighted by Gasteiger charge is 2.19. The van der Waals surface area contributed by atoms with E-state index in [0.717, 1.165) is 15.6 Å². The molecular formula is C23H23N3O6S2. The van der Waals surface area contributed by atoms with Gasteiger partial charge in [0.05, 0.1) is 13.2 Å². The van der Waals surface area contributed by atoms with Gasteiger partial charge >= 0.3 is 10.1 Å². The number of aryl methyl sites for hydroxylation is 1. The standard InChI is InChI=1S/C23H23N3O6S2/c1-15-4-8-21(19(27)12-15)34(28,29)31-11-3-10-30-16-5-7-18-20(13-16)32-22(26-18)9-6-17-14-25-23(24-2)33-17/h4-9,12-14,27H,3,10-11H2,1-2H3,(H,24,25). The highest BCUT2D eigenvalue weighted by atomic mass is 32.2. The fourth-order valence-corrected chi connectivity index (χ4v) is 4.72. The van der Waals surface area contributed by atoms with Crippen molar-refractivity contribution in [2.45, 2.75) is 18.2 Å². The average Bonchev–Trinajstić information content (AvgIpc) is 3.43. The predicted molar refractivity (Wildman–Crippen MR) is 131 cm³/mol. The van der Waals surface area contributed by atoms with Gasteiger partial charge in [-0.2, -0.15) is 8.42 Å². The molecule has 0 aliphatic rings. The smallest absolute Gasteiger partial charge is 0.300 e. The van der Waals surface area contributed by atoms with Crippen LogP contribution in [0.15, 0.2) is 51.9 Å². The van der Waals surface area contributed by atoms with Gasteiger partial charge in [-0.05, 0) is 42.8 Å². The number of oxazole rings is 1. The van der Waals surface area contributed by atoms with Crippen LogP contribution in [0.3, 0.4) is 0 Å². The molecule has 2 heterocycles. The molecule has 0 aliphatic heterocycles. The average molecular weight is 502 g/mol. The van der Waals surface area contributed by atoms with E-state index in [4.69, 9.17) is 13.3 Å². The molecule has 0 amide bonds. The van der Waals surface area contributed by atoms with Crippen LogP contribution in [0.25, 0.3) is 23.3 Å². The van der Waals surface area contributed by atoms with E-state index in [-0.39, 0.29) is 23.9 Å². The summed E-state index contributed by atoms with van der Waals surface area (Å²) in [7, 11) is -2.23. The zero-order valence-corrected chi connectivity index (χ0v) is 20.1. The normalized spacial score (nSPS) is 11.9. The lowest BCUT2D eigenvalue weighted by Gasteiger charge is -2.09. The van der Waals surface area contributed by atoms with Crippen LogP contribution < -0.4 is 10.1 Å². The van der Waals surface area contributed by atoms with Crippen LogP contribution in [0.5, 0.6) is 11.5 Å². The molecule has 4 aromatic rings. The quantitative estimate of drug-likeness (QED) is 0.235. The highest BCUT2D eigenvalue weighted by molar-refractivity contribution is 7.86. The number of rotatable bonds is 10. The minimum atomic E-state index is -4.05. The third-order valence-corrected chi connectivity index (χ3v) is 7.02. The maximum Gasteiger partial charge on any atom is 0.300 e. The largest absolute Gasteiger partial charge is 0.506 e. The molecule has 0 fully saturated rings. The summed E-state index contributed by atoms with van der Waals surface area (Å²) in [5, 5.41) is 13.7. The summed E-state index contributed by atoms with van der Waals surface area (Å²) in [5.41, 5.74) is 2.02. The van der Waals surface area contributed by atoms with Crippen LogP contribution in [0.1, 0.15) is 22.8 Å². The van der Waals surface area contributed by atoms with Crippen molar-refractivity contribution < 1.29 is 26.9 Å². The number of aromatic hydroxyl groups is 1. The van der Waals surface area contributed by atoms with E-state index in [1.807, 2.05) is 13.1 Å². The van der Waals surface area contributed by atoms with Crippen molar-refractivity contribution in [2.75, 3.05) is 25.6 Å². The molecular weight excluding hydrogens is 478 g/mol. The molecule has 0 saturated carbocycles. The number of fused-ring (bicyclic) bond motifs is 1. The van der Waals surface area contributed by atoms with Crippen LogP contribution in [-0.4, -0.2) is 43.8 Å². The highest BCUT2D eigenvalue weighted by Crippen LogP contribution is 2.26. The molecule has 0 aliphatic carbocycles. The number of thiazole rings is 1. The molecule has 11 heteroatoms. The Morgan fingerprint density at radius 1 is 1.18 bits per heavy atom. The fraction of sp³-hybridized carbons (Fsp3) is 0.217. The summed E-state index contributed by atoms with van der Waals surface area (Å²) in [4.78, 5) is 9.36. The van der Waals surface area contributed by atoms with Gasteiger partial charge in [-0.25, -0.2) is 9.97 Å². The molecule has 2 aromatic heterocycles. The molecule has 2 aromatic carbocycles. The second kappa shape index (κ2) is 10.2. The second-order valence-electron chi connectivity index (χ2n) is 7.28. The van der Waals surface area contributed by atoms with Gasteiger partial charge in [-0.15, -0.1) is 0 Å². The molecule has 0 unspecified atom stereocenters. The van der Waals surface area contributed by atoms with Gasteiger partial charge in [0.2, 0.25) is 5.89 Å². The number of phenols is 1. The van der Waals surface area contributed by atoms with Gasteiger partial charge in [0.15, 0.2) is 10.7 Å². The van der Waals surface area contributed by atoms with Crippen LogP contribution in [0.2, 0.25) is 0 Å². The van der Waals surface area contributed by atoms with E-state index < -0.39 is 10.1 Å². The Hall–Kier alpha value is -3.41. The number of aromatic nitrogens is 2. The van der Waals surface area contributed by atoms with E-state index in [1.165, 1.54) is 23.5 Å². The van der Waals surface area contributed by atoms with Crippen LogP contribution in [0.4, 0.5) is 5.13 Å². The van der Waals surface area contributed by atoms with Crippen molar-refractivity contribution in [3.05, 3.63) is 58.9 Å². The van der Waals surface area contributed by atoms with Gasteiger partial charge < -0.3 is 19.6 Å². The Morgan fingerprint density at radius 2 is 2.03 bits per heavy atom. The van der Waals surface area contributed by atoms with E-state index in [1.54, 1.807) is 43.5 Å². The topological polar surface area (TPSA) is 124 Å². The molecule has 34 heavy (non-hydrogen) atoms. The Balaban J connectivity index is 1.29. The number of hydrogen-bond acceptors (Lipinski definition) is 10. The van der Waals surface area contributed by atoms with E-state index >= 15 is 0 Å². The van der Waals surface area contributed by atoms with Gasteiger partial charge in [-0.3, -0.25) is 4.18 Å². The Kier molecular flexibility index (Phi) is 7.15. The molecule has 0 bridgehead atoms. The third kappa shape index (κ3) is 5.74. The zero-order valence-electron chi connectivity index (χ0n) is 18.5.